The van der Waals surface area contributed by atoms with Crippen molar-refractivity contribution in [3.63, 3.8) is 0 Å². The minimum atomic E-state index is -0.627. The maximum atomic E-state index is 13.6. The van der Waals surface area contributed by atoms with Gasteiger partial charge in [0.1, 0.15) is 5.82 Å². The van der Waals surface area contributed by atoms with Crippen LogP contribution < -0.4 is 5.32 Å². The van der Waals surface area contributed by atoms with Gasteiger partial charge in [-0.2, -0.15) is 0 Å². The predicted octanol–water partition coefficient (Wildman–Crippen LogP) is 1.31. The third-order valence-electron chi connectivity index (χ3n) is 4.54. The highest BCUT2D eigenvalue weighted by molar-refractivity contribution is 5.88. The van der Waals surface area contributed by atoms with Gasteiger partial charge >= 0.3 is 0 Å². The van der Waals surface area contributed by atoms with E-state index in [-0.39, 0.29) is 11.7 Å². The number of carbonyl (C=O) groups is 1. The molecule has 4 nitrogen and oxygen atoms in total. The third kappa shape index (κ3) is 2.80. The monoisotopic (exact) mass is 292 g/mol. The fraction of sp³-hybridized carbons (Fsp3) is 0.562. The standard InChI is InChI=1S/C16H21FN2O2/c17-14-3-1-2-13(12-14)16(4-10-21-11-5-16)15(20)19-8-6-18-7-9-19/h1-3,12,18H,4-11H2. The fourth-order valence-electron chi connectivity index (χ4n) is 3.30. The van der Waals surface area contributed by atoms with Crippen LogP contribution in [0, 0.1) is 5.82 Å². The van der Waals surface area contributed by atoms with Crippen molar-refractivity contribution in [1.82, 2.24) is 10.2 Å². The molecule has 1 N–H and O–H groups in total. The van der Waals surface area contributed by atoms with Gasteiger partial charge in [-0.15, -0.1) is 0 Å². The third-order valence-corrected chi connectivity index (χ3v) is 4.54. The quantitative estimate of drug-likeness (QED) is 0.893. The highest BCUT2D eigenvalue weighted by Gasteiger charge is 2.44. The molecule has 0 saturated carbocycles. The second-order valence-corrected chi connectivity index (χ2v) is 5.75. The van der Waals surface area contributed by atoms with E-state index < -0.39 is 5.41 Å². The summed E-state index contributed by atoms with van der Waals surface area (Å²) in [5, 5.41) is 3.26. The Hall–Kier alpha value is -1.46. The highest BCUT2D eigenvalue weighted by Crippen LogP contribution is 2.37. The SMILES string of the molecule is O=C(N1CCNCC1)C1(c2cccc(F)c2)CCOCC1. The summed E-state index contributed by atoms with van der Waals surface area (Å²) >= 11 is 0. The molecule has 2 fully saturated rings. The molecule has 1 aromatic carbocycles. The van der Waals surface area contributed by atoms with Gasteiger partial charge in [-0.25, -0.2) is 4.39 Å². The topological polar surface area (TPSA) is 41.6 Å². The molecule has 0 atom stereocenters. The van der Waals surface area contributed by atoms with E-state index in [1.807, 2.05) is 11.0 Å². The molecule has 21 heavy (non-hydrogen) atoms. The molecule has 0 aliphatic carbocycles. The minimum Gasteiger partial charge on any atom is -0.381 e. The first-order valence-corrected chi connectivity index (χ1v) is 7.56. The lowest BCUT2D eigenvalue weighted by atomic mass is 9.73. The minimum absolute atomic E-state index is 0.123. The number of ether oxygens (including phenoxy) is 1. The number of amides is 1. The summed E-state index contributed by atoms with van der Waals surface area (Å²) in [6, 6.07) is 6.48. The Balaban J connectivity index is 1.94. The van der Waals surface area contributed by atoms with Crippen LogP contribution in [0.25, 0.3) is 0 Å². The van der Waals surface area contributed by atoms with Crippen LogP contribution in [-0.2, 0) is 14.9 Å². The highest BCUT2D eigenvalue weighted by atomic mass is 19.1. The molecule has 2 aliphatic rings. The normalized spacial score (nSPS) is 22.0. The lowest BCUT2D eigenvalue weighted by Gasteiger charge is -2.41. The van der Waals surface area contributed by atoms with Crippen LogP contribution in [0.3, 0.4) is 0 Å². The van der Waals surface area contributed by atoms with E-state index >= 15 is 0 Å². The van der Waals surface area contributed by atoms with E-state index in [2.05, 4.69) is 5.32 Å². The number of nitrogens with zero attached hydrogens (tertiary/aromatic N) is 1. The smallest absolute Gasteiger partial charge is 0.233 e. The van der Waals surface area contributed by atoms with E-state index in [9.17, 15) is 9.18 Å². The molecule has 0 spiro atoms. The molecule has 3 rings (SSSR count). The first-order valence-electron chi connectivity index (χ1n) is 7.56. The summed E-state index contributed by atoms with van der Waals surface area (Å²) in [4.78, 5) is 15.0. The maximum absolute atomic E-state index is 13.6. The van der Waals surface area contributed by atoms with Gasteiger partial charge in [0, 0.05) is 39.4 Å². The fourth-order valence-corrected chi connectivity index (χ4v) is 3.30. The Labute approximate surface area is 124 Å². The van der Waals surface area contributed by atoms with Crippen LogP contribution in [0.5, 0.6) is 0 Å². The van der Waals surface area contributed by atoms with Crippen molar-refractivity contribution in [3.05, 3.63) is 35.6 Å². The number of nitrogens with one attached hydrogen (secondary N) is 1. The number of benzene rings is 1. The number of hydrogen-bond acceptors (Lipinski definition) is 3. The summed E-state index contributed by atoms with van der Waals surface area (Å²) in [6.07, 6.45) is 1.25. The summed E-state index contributed by atoms with van der Waals surface area (Å²) in [7, 11) is 0. The Morgan fingerprint density at radius 3 is 2.62 bits per heavy atom. The summed E-state index contributed by atoms with van der Waals surface area (Å²) in [5.41, 5.74) is 0.159. The second kappa shape index (κ2) is 6.12. The molecule has 1 aromatic rings. The summed E-state index contributed by atoms with van der Waals surface area (Å²) < 4.78 is 19.1. The Bertz CT molecular complexity index is 509. The molecule has 0 unspecified atom stereocenters. The van der Waals surface area contributed by atoms with E-state index in [0.717, 1.165) is 31.7 Å². The van der Waals surface area contributed by atoms with E-state index in [0.29, 0.717) is 26.1 Å². The van der Waals surface area contributed by atoms with Gasteiger partial charge in [0.2, 0.25) is 5.91 Å². The lowest BCUT2D eigenvalue weighted by Crippen LogP contribution is -2.55. The van der Waals surface area contributed by atoms with Crippen molar-refractivity contribution in [3.8, 4) is 0 Å². The van der Waals surface area contributed by atoms with E-state index in [1.54, 1.807) is 6.07 Å². The van der Waals surface area contributed by atoms with Crippen molar-refractivity contribution < 1.29 is 13.9 Å². The zero-order chi connectivity index (χ0) is 14.7. The molecular formula is C16H21FN2O2. The van der Waals surface area contributed by atoms with E-state index in [4.69, 9.17) is 4.74 Å². The molecule has 2 heterocycles. The predicted molar refractivity (Wildman–Crippen MR) is 77.6 cm³/mol. The number of hydrogen-bond donors (Lipinski definition) is 1. The van der Waals surface area contributed by atoms with Crippen molar-refractivity contribution in [2.24, 2.45) is 0 Å². The van der Waals surface area contributed by atoms with Crippen LogP contribution in [0.15, 0.2) is 24.3 Å². The number of halogens is 1. The number of rotatable bonds is 2. The van der Waals surface area contributed by atoms with Crippen LogP contribution in [0.2, 0.25) is 0 Å². The molecule has 114 valence electrons. The molecular weight excluding hydrogens is 271 g/mol. The lowest BCUT2D eigenvalue weighted by molar-refractivity contribution is -0.142. The summed E-state index contributed by atoms with van der Waals surface area (Å²) in [5.74, 6) is -0.163. The van der Waals surface area contributed by atoms with Gasteiger partial charge in [-0.3, -0.25) is 4.79 Å². The van der Waals surface area contributed by atoms with Gasteiger partial charge in [0.05, 0.1) is 5.41 Å². The first kappa shape index (κ1) is 14.5. The number of carbonyl (C=O) groups excluding carboxylic acids is 1. The molecule has 0 radical (unpaired) electrons. The average molecular weight is 292 g/mol. The number of piperazine rings is 1. The maximum Gasteiger partial charge on any atom is 0.233 e. The van der Waals surface area contributed by atoms with Crippen molar-refractivity contribution >= 4 is 5.91 Å². The largest absolute Gasteiger partial charge is 0.381 e. The zero-order valence-corrected chi connectivity index (χ0v) is 12.1. The van der Waals surface area contributed by atoms with Gasteiger partial charge in [-0.05, 0) is 30.5 Å². The second-order valence-electron chi connectivity index (χ2n) is 5.75. The van der Waals surface area contributed by atoms with Gasteiger partial charge < -0.3 is 15.0 Å². The molecule has 2 saturated heterocycles. The van der Waals surface area contributed by atoms with Gasteiger partial charge in [0.15, 0.2) is 0 Å². The van der Waals surface area contributed by atoms with Gasteiger partial charge in [0.25, 0.3) is 0 Å². The first-order chi connectivity index (χ1) is 10.2. The summed E-state index contributed by atoms with van der Waals surface area (Å²) in [6.45, 7) is 4.18. The van der Waals surface area contributed by atoms with Crippen LogP contribution in [-0.4, -0.2) is 50.2 Å². The van der Waals surface area contributed by atoms with Crippen LogP contribution >= 0.6 is 0 Å². The molecule has 0 bridgehead atoms. The molecule has 1 amide bonds. The van der Waals surface area contributed by atoms with Crippen LogP contribution in [0.4, 0.5) is 4.39 Å². The Morgan fingerprint density at radius 2 is 1.95 bits per heavy atom. The van der Waals surface area contributed by atoms with Crippen molar-refractivity contribution in [2.75, 3.05) is 39.4 Å². The van der Waals surface area contributed by atoms with Crippen molar-refractivity contribution in [2.45, 2.75) is 18.3 Å². The van der Waals surface area contributed by atoms with Crippen molar-refractivity contribution in [1.29, 1.82) is 0 Å². The Kier molecular flexibility index (Phi) is 4.22. The van der Waals surface area contributed by atoms with Gasteiger partial charge in [-0.1, -0.05) is 12.1 Å². The molecule has 5 heteroatoms. The zero-order valence-electron chi connectivity index (χ0n) is 12.1. The van der Waals surface area contributed by atoms with Crippen LogP contribution in [0.1, 0.15) is 18.4 Å². The molecule has 2 aliphatic heterocycles. The average Bonchev–Trinajstić information content (AvgIpc) is 2.55. The molecule has 0 aromatic heterocycles. The Morgan fingerprint density at radius 1 is 1.24 bits per heavy atom. The van der Waals surface area contributed by atoms with E-state index in [1.165, 1.54) is 12.1 Å².